The zero-order valence-electron chi connectivity index (χ0n) is 13.9. The van der Waals surface area contributed by atoms with Gasteiger partial charge >= 0.3 is 5.97 Å². The number of ether oxygens (including phenoxy) is 1. The summed E-state index contributed by atoms with van der Waals surface area (Å²) < 4.78 is 31.6. The minimum atomic E-state index is -1.21. The summed E-state index contributed by atoms with van der Waals surface area (Å²) in [6.07, 6.45) is 1.71. The number of rotatable bonds is 5. The standard InChI is InChI=1S/C17H20F2N2O4/c1-11(17(24)20-14-9-12(18)6-7-13(14)19)25-16(23)10-21-8-4-2-3-5-15(21)22/h6-7,9,11H,2-5,8,10H2,1H3,(H,20,24). The zero-order valence-corrected chi connectivity index (χ0v) is 13.9. The third-order valence-electron chi connectivity index (χ3n) is 3.86. The maximum atomic E-state index is 13.5. The van der Waals surface area contributed by atoms with Crippen molar-refractivity contribution in [2.24, 2.45) is 0 Å². The highest BCUT2D eigenvalue weighted by Crippen LogP contribution is 2.16. The van der Waals surface area contributed by atoms with Crippen LogP contribution in [-0.2, 0) is 19.1 Å². The van der Waals surface area contributed by atoms with E-state index in [-0.39, 0.29) is 18.1 Å². The van der Waals surface area contributed by atoms with Crippen LogP contribution < -0.4 is 5.32 Å². The molecule has 2 rings (SSSR count). The SMILES string of the molecule is CC(OC(=O)CN1CCCCCC1=O)C(=O)Nc1cc(F)ccc1F. The van der Waals surface area contributed by atoms with Gasteiger partial charge in [0.25, 0.3) is 5.91 Å². The smallest absolute Gasteiger partial charge is 0.326 e. The van der Waals surface area contributed by atoms with Gasteiger partial charge in [0.2, 0.25) is 5.91 Å². The van der Waals surface area contributed by atoms with E-state index in [2.05, 4.69) is 5.32 Å². The van der Waals surface area contributed by atoms with Crippen LogP contribution in [0.2, 0.25) is 0 Å². The molecule has 1 aliphatic heterocycles. The summed E-state index contributed by atoms with van der Waals surface area (Å²) in [5.74, 6) is -3.14. The first-order valence-corrected chi connectivity index (χ1v) is 8.10. The summed E-state index contributed by atoms with van der Waals surface area (Å²) in [4.78, 5) is 37.1. The summed E-state index contributed by atoms with van der Waals surface area (Å²) in [6.45, 7) is 1.56. The number of nitrogens with zero attached hydrogens (tertiary/aromatic N) is 1. The second-order valence-electron chi connectivity index (χ2n) is 5.87. The Hall–Kier alpha value is -2.51. The first-order valence-electron chi connectivity index (χ1n) is 8.10. The van der Waals surface area contributed by atoms with Gasteiger partial charge in [-0.2, -0.15) is 0 Å². The van der Waals surface area contributed by atoms with Gasteiger partial charge in [0.1, 0.15) is 18.2 Å². The predicted octanol–water partition coefficient (Wildman–Crippen LogP) is 2.24. The van der Waals surface area contributed by atoms with Crippen LogP contribution in [0.5, 0.6) is 0 Å². The van der Waals surface area contributed by atoms with Gasteiger partial charge in [0.15, 0.2) is 6.10 Å². The lowest BCUT2D eigenvalue weighted by Gasteiger charge is -2.20. The van der Waals surface area contributed by atoms with Gasteiger partial charge in [0.05, 0.1) is 5.69 Å². The number of halogens is 2. The Morgan fingerprint density at radius 1 is 1.28 bits per heavy atom. The van der Waals surface area contributed by atoms with Gasteiger partial charge in [0, 0.05) is 19.0 Å². The maximum Gasteiger partial charge on any atom is 0.326 e. The molecule has 136 valence electrons. The van der Waals surface area contributed by atoms with Gasteiger partial charge in [-0.3, -0.25) is 14.4 Å². The van der Waals surface area contributed by atoms with E-state index in [4.69, 9.17) is 4.74 Å². The number of anilines is 1. The fourth-order valence-electron chi connectivity index (χ4n) is 2.48. The van der Waals surface area contributed by atoms with Crippen LogP contribution in [0.4, 0.5) is 14.5 Å². The lowest BCUT2D eigenvalue weighted by atomic mass is 10.2. The van der Waals surface area contributed by atoms with Crippen molar-refractivity contribution < 1.29 is 27.9 Å². The highest BCUT2D eigenvalue weighted by atomic mass is 19.1. The van der Waals surface area contributed by atoms with E-state index in [1.54, 1.807) is 0 Å². The Morgan fingerprint density at radius 2 is 2.04 bits per heavy atom. The normalized spacial score (nSPS) is 16.1. The van der Waals surface area contributed by atoms with Crippen molar-refractivity contribution in [3.8, 4) is 0 Å². The van der Waals surface area contributed by atoms with E-state index in [9.17, 15) is 23.2 Å². The Labute approximate surface area is 144 Å². The molecule has 0 saturated carbocycles. The van der Waals surface area contributed by atoms with E-state index in [1.807, 2.05) is 0 Å². The number of carbonyl (C=O) groups is 3. The number of benzene rings is 1. The van der Waals surface area contributed by atoms with Crippen LogP contribution in [0, 0.1) is 11.6 Å². The van der Waals surface area contributed by atoms with Gasteiger partial charge in [-0.05, 0) is 31.9 Å². The van der Waals surface area contributed by atoms with Crippen molar-refractivity contribution in [2.45, 2.75) is 38.7 Å². The molecule has 1 aromatic rings. The predicted molar refractivity (Wildman–Crippen MR) is 85.6 cm³/mol. The summed E-state index contributed by atoms with van der Waals surface area (Å²) in [5, 5.41) is 2.17. The summed E-state index contributed by atoms with van der Waals surface area (Å²) in [6, 6.07) is 2.64. The van der Waals surface area contributed by atoms with Gasteiger partial charge in [-0.25, -0.2) is 8.78 Å². The monoisotopic (exact) mass is 354 g/mol. The molecule has 8 heteroatoms. The second-order valence-corrected chi connectivity index (χ2v) is 5.87. The highest BCUT2D eigenvalue weighted by Gasteiger charge is 2.23. The van der Waals surface area contributed by atoms with Crippen molar-refractivity contribution >= 4 is 23.5 Å². The lowest BCUT2D eigenvalue weighted by Crippen LogP contribution is -2.38. The molecule has 1 heterocycles. The molecule has 1 unspecified atom stereocenters. The first kappa shape index (κ1) is 18.8. The quantitative estimate of drug-likeness (QED) is 0.823. The molecule has 0 spiro atoms. The molecule has 1 saturated heterocycles. The number of amides is 2. The van der Waals surface area contributed by atoms with Gasteiger partial charge in [-0.1, -0.05) is 6.42 Å². The molecule has 0 bridgehead atoms. The van der Waals surface area contributed by atoms with E-state index in [0.29, 0.717) is 13.0 Å². The minimum Gasteiger partial charge on any atom is -0.451 e. The Bertz CT molecular complexity index is 666. The van der Waals surface area contributed by atoms with E-state index < -0.39 is 29.6 Å². The molecule has 1 fully saturated rings. The van der Waals surface area contributed by atoms with Crippen molar-refractivity contribution in [2.75, 3.05) is 18.4 Å². The zero-order chi connectivity index (χ0) is 18.4. The summed E-state index contributed by atoms with van der Waals surface area (Å²) in [5.41, 5.74) is -0.337. The average Bonchev–Trinajstić information content (AvgIpc) is 2.75. The van der Waals surface area contributed by atoms with Crippen LogP contribution in [0.25, 0.3) is 0 Å². The maximum absolute atomic E-state index is 13.5. The molecule has 1 atom stereocenters. The number of esters is 1. The Morgan fingerprint density at radius 3 is 2.80 bits per heavy atom. The molecular weight excluding hydrogens is 334 g/mol. The second kappa shape index (κ2) is 8.55. The van der Waals surface area contributed by atoms with Crippen LogP contribution in [0.15, 0.2) is 18.2 Å². The molecule has 1 aliphatic rings. The fraction of sp³-hybridized carbons (Fsp3) is 0.471. The molecule has 25 heavy (non-hydrogen) atoms. The largest absolute Gasteiger partial charge is 0.451 e. The van der Waals surface area contributed by atoms with Crippen molar-refractivity contribution in [3.05, 3.63) is 29.8 Å². The summed E-state index contributed by atoms with van der Waals surface area (Å²) in [7, 11) is 0. The third-order valence-corrected chi connectivity index (χ3v) is 3.86. The van der Waals surface area contributed by atoms with Crippen LogP contribution >= 0.6 is 0 Å². The van der Waals surface area contributed by atoms with Crippen molar-refractivity contribution in [1.29, 1.82) is 0 Å². The number of hydrogen-bond donors (Lipinski definition) is 1. The van der Waals surface area contributed by atoms with Gasteiger partial charge in [-0.15, -0.1) is 0 Å². The molecule has 1 N–H and O–H groups in total. The average molecular weight is 354 g/mol. The first-order chi connectivity index (χ1) is 11.9. The van der Waals surface area contributed by atoms with Crippen LogP contribution in [-0.4, -0.2) is 41.9 Å². The van der Waals surface area contributed by atoms with E-state index >= 15 is 0 Å². The number of nitrogens with one attached hydrogen (secondary N) is 1. The molecule has 0 aromatic heterocycles. The van der Waals surface area contributed by atoms with Crippen molar-refractivity contribution in [3.63, 3.8) is 0 Å². The molecule has 6 nitrogen and oxygen atoms in total. The number of likely N-dealkylation sites (tertiary alicyclic amines) is 1. The molecule has 0 aliphatic carbocycles. The minimum absolute atomic E-state index is 0.117. The Kier molecular flexibility index (Phi) is 6.44. The van der Waals surface area contributed by atoms with E-state index in [0.717, 1.165) is 37.5 Å². The molecule has 2 amide bonds. The molecule has 0 radical (unpaired) electrons. The number of carbonyl (C=O) groups excluding carboxylic acids is 3. The van der Waals surface area contributed by atoms with E-state index in [1.165, 1.54) is 11.8 Å². The van der Waals surface area contributed by atoms with Crippen LogP contribution in [0.1, 0.15) is 32.6 Å². The number of hydrogen-bond acceptors (Lipinski definition) is 4. The third kappa shape index (κ3) is 5.51. The topological polar surface area (TPSA) is 75.7 Å². The highest BCUT2D eigenvalue weighted by molar-refractivity contribution is 5.95. The Balaban J connectivity index is 1.88. The van der Waals surface area contributed by atoms with Crippen LogP contribution in [0.3, 0.4) is 0 Å². The fourth-order valence-corrected chi connectivity index (χ4v) is 2.48. The molecular formula is C17H20F2N2O4. The van der Waals surface area contributed by atoms with Crippen molar-refractivity contribution in [1.82, 2.24) is 4.90 Å². The molecule has 1 aromatic carbocycles. The van der Waals surface area contributed by atoms with Gasteiger partial charge < -0.3 is 15.0 Å². The lowest BCUT2D eigenvalue weighted by molar-refractivity contribution is -0.156. The summed E-state index contributed by atoms with van der Waals surface area (Å²) >= 11 is 0.